The van der Waals surface area contributed by atoms with Gasteiger partial charge < -0.3 is 19.9 Å². The molecule has 3 aliphatic rings. The number of methoxy groups -OCH3 is 1. The normalized spacial score (nSPS) is 24.4. The van der Waals surface area contributed by atoms with Crippen LogP contribution in [0.25, 0.3) is 0 Å². The highest BCUT2D eigenvalue weighted by atomic mass is 16.5. The Kier molecular flexibility index (Phi) is 8.81. The highest BCUT2D eigenvalue weighted by Crippen LogP contribution is 2.67. The number of nitrogens with zero attached hydrogens (tertiary/aromatic N) is 1. The second-order valence-corrected chi connectivity index (χ2v) is 12.2. The summed E-state index contributed by atoms with van der Waals surface area (Å²) in [5.41, 5.74) is 1.99. The molecule has 1 spiro atoms. The number of amides is 1. The maximum Gasteiger partial charge on any atom is 0.220 e. The van der Waals surface area contributed by atoms with Crippen LogP contribution in [0.1, 0.15) is 93.7 Å². The third-order valence-electron chi connectivity index (χ3n) is 9.08. The van der Waals surface area contributed by atoms with Crippen LogP contribution in [0.15, 0.2) is 48.5 Å². The first kappa shape index (κ1) is 28.6. The number of carbonyl (C=O) groups is 2. The number of piperidine rings is 2. The monoisotopic (exact) mass is 548 g/mol. The molecule has 7 nitrogen and oxygen atoms in total. The maximum absolute atomic E-state index is 13.0. The highest BCUT2D eigenvalue weighted by Gasteiger charge is 2.67. The number of ketones is 1. The van der Waals surface area contributed by atoms with Gasteiger partial charge in [-0.2, -0.15) is 0 Å². The SMILES string of the molecule is COc1ccc(C(=O)CCCCCC(=O)N[C@H](CN2C3CCC4(C3)CC24)[C@H](O)c2ccc(OC(C)C)cc2)cc1. The number of hydrogen-bond donors (Lipinski definition) is 2. The molecule has 3 fully saturated rings. The second-order valence-electron chi connectivity index (χ2n) is 12.2. The van der Waals surface area contributed by atoms with Crippen molar-refractivity contribution >= 4 is 11.7 Å². The van der Waals surface area contributed by atoms with Crippen molar-refractivity contribution in [1.29, 1.82) is 0 Å². The minimum atomic E-state index is -0.798. The molecule has 2 bridgehead atoms. The van der Waals surface area contributed by atoms with Gasteiger partial charge in [-0.05, 0) is 99.7 Å². The van der Waals surface area contributed by atoms with E-state index in [1.807, 2.05) is 38.1 Å². The van der Waals surface area contributed by atoms with Gasteiger partial charge in [-0.1, -0.05) is 18.6 Å². The zero-order valence-corrected chi connectivity index (χ0v) is 24.1. The molecule has 40 heavy (non-hydrogen) atoms. The van der Waals surface area contributed by atoms with E-state index >= 15 is 0 Å². The first-order valence-electron chi connectivity index (χ1n) is 14.9. The van der Waals surface area contributed by atoms with Gasteiger partial charge in [0.05, 0.1) is 19.3 Å². The van der Waals surface area contributed by atoms with Gasteiger partial charge in [0.25, 0.3) is 0 Å². The molecule has 2 N–H and O–H groups in total. The zero-order valence-electron chi connectivity index (χ0n) is 24.1. The average molecular weight is 549 g/mol. The van der Waals surface area contributed by atoms with E-state index in [0.717, 1.165) is 29.9 Å². The number of likely N-dealkylation sites (tertiary alicyclic amines) is 1. The minimum Gasteiger partial charge on any atom is -0.497 e. The Hall–Kier alpha value is -2.90. The average Bonchev–Trinajstić information content (AvgIpc) is 3.41. The van der Waals surface area contributed by atoms with E-state index in [1.165, 1.54) is 25.7 Å². The Labute approximate surface area is 238 Å². The fraction of sp³-hybridized carbons (Fsp3) is 0.576. The van der Waals surface area contributed by atoms with Crippen LogP contribution in [0, 0.1) is 5.41 Å². The largest absolute Gasteiger partial charge is 0.497 e. The molecule has 2 aliphatic carbocycles. The number of carbonyl (C=O) groups excluding carboxylic acids is 2. The van der Waals surface area contributed by atoms with Crippen LogP contribution in [0.4, 0.5) is 0 Å². The summed E-state index contributed by atoms with van der Waals surface area (Å²) >= 11 is 0. The number of benzene rings is 2. The molecule has 216 valence electrons. The van der Waals surface area contributed by atoms with E-state index in [-0.39, 0.29) is 23.8 Å². The summed E-state index contributed by atoms with van der Waals surface area (Å²) in [6, 6.07) is 15.6. The van der Waals surface area contributed by atoms with Crippen LogP contribution >= 0.6 is 0 Å². The summed E-state index contributed by atoms with van der Waals surface area (Å²) in [7, 11) is 1.61. The molecule has 1 aliphatic heterocycles. The van der Waals surface area contributed by atoms with Crippen molar-refractivity contribution in [2.24, 2.45) is 5.41 Å². The Balaban J connectivity index is 1.13. The Morgan fingerprint density at radius 2 is 1.70 bits per heavy atom. The fourth-order valence-electron chi connectivity index (χ4n) is 6.87. The topological polar surface area (TPSA) is 88.1 Å². The predicted molar refractivity (Wildman–Crippen MR) is 155 cm³/mol. The van der Waals surface area contributed by atoms with Crippen molar-refractivity contribution in [2.45, 2.75) is 102 Å². The van der Waals surface area contributed by atoms with Crippen molar-refractivity contribution in [3.05, 3.63) is 59.7 Å². The van der Waals surface area contributed by atoms with E-state index in [4.69, 9.17) is 9.47 Å². The molecule has 0 aromatic heterocycles. The Bertz CT molecular complexity index is 1160. The molecule has 2 saturated carbocycles. The number of Topliss-reactive ketones (excluding diaryl/α,β-unsaturated/α-hetero) is 1. The summed E-state index contributed by atoms with van der Waals surface area (Å²) in [5.74, 6) is 1.57. The third kappa shape index (κ3) is 6.52. The van der Waals surface area contributed by atoms with Gasteiger partial charge in [0.15, 0.2) is 5.78 Å². The minimum absolute atomic E-state index is 0.0415. The summed E-state index contributed by atoms with van der Waals surface area (Å²) < 4.78 is 10.9. The van der Waals surface area contributed by atoms with Crippen LogP contribution in [0.2, 0.25) is 0 Å². The number of fused-ring (bicyclic) bond motifs is 1. The van der Waals surface area contributed by atoms with E-state index < -0.39 is 6.10 Å². The van der Waals surface area contributed by atoms with Crippen LogP contribution in [-0.4, -0.2) is 59.6 Å². The molecule has 0 radical (unpaired) electrons. The Morgan fingerprint density at radius 3 is 2.35 bits per heavy atom. The van der Waals surface area contributed by atoms with Gasteiger partial charge in [-0.3, -0.25) is 14.5 Å². The van der Waals surface area contributed by atoms with Gasteiger partial charge in [0, 0.05) is 37.0 Å². The van der Waals surface area contributed by atoms with Crippen molar-refractivity contribution in [3.63, 3.8) is 0 Å². The maximum atomic E-state index is 13.0. The number of unbranched alkanes of at least 4 members (excludes halogenated alkanes) is 2. The van der Waals surface area contributed by atoms with Crippen molar-refractivity contribution in [1.82, 2.24) is 10.2 Å². The summed E-state index contributed by atoms with van der Waals surface area (Å²) in [6.07, 6.45) is 7.48. The molecular weight excluding hydrogens is 504 g/mol. The lowest BCUT2D eigenvalue weighted by Gasteiger charge is -2.34. The molecule has 2 aromatic carbocycles. The number of aliphatic hydroxyl groups is 1. The Morgan fingerprint density at radius 1 is 1.00 bits per heavy atom. The molecule has 2 aromatic rings. The standard InChI is InChI=1S/C33H44N2O5/c1-22(2)40-27-15-11-24(12-16-27)32(38)28(21-35-25-17-18-33(19-25)20-30(33)35)34-31(37)8-6-4-5-7-29(36)23-9-13-26(39-3)14-10-23/h9-16,22,25,28,30,32,38H,4-8,17-21H2,1-3H3,(H,34,37)/t25?,28-,30?,32-,33?/m1/s1. The molecular formula is C33H44N2O5. The van der Waals surface area contributed by atoms with E-state index in [0.29, 0.717) is 48.9 Å². The summed E-state index contributed by atoms with van der Waals surface area (Å²) in [6.45, 7) is 4.65. The van der Waals surface area contributed by atoms with Crippen LogP contribution in [0.5, 0.6) is 11.5 Å². The van der Waals surface area contributed by atoms with E-state index in [9.17, 15) is 14.7 Å². The summed E-state index contributed by atoms with van der Waals surface area (Å²) in [4.78, 5) is 28.0. The second kappa shape index (κ2) is 12.3. The first-order valence-corrected chi connectivity index (χ1v) is 14.9. The smallest absolute Gasteiger partial charge is 0.220 e. The highest BCUT2D eigenvalue weighted by molar-refractivity contribution is 5.96. The van der Waals surface area contributed by atoms with E-state index in [2.05, 4.69) is 10.2 Å². The molecule has 5 rings (SSSR count). The predicted octanol–water partition coefficient (Wildman–Crippen LogP) is 5.46. The number of nitrogens with one attached hydrogen (secondary N) is 1. The lowest BCUT2D eigenvalue weighted by Crippen LogP contribution is -2.49. The first-order chi connectivity index (χ1) is 19.3. The van der Waals surface area contributed by atoms with Crippen LogP contribution < -0.4 is 14.8 Å². The van der Waals surface area contributed by atoms with Crippen molar-refractivity contribution in [2.75, 3.05) is 13.7 Å². The fourth-order valence-corrected chi connectivity index (χ4v) is 6.87. The zero-order chi connectivity index (χ0) is 28.3. The molecule has 1 amide bonds. The van der Waals surface area contributed by atoms with Gasteiger partial charge in [0.1, 0.15) is 17.6 Å². The van der Waals surface area contributed by atoms with Crippen LogP contribution in [-0.2, 0) is 4.79 Å². The molecule has 1 heterocycles. The van der Waals surface area contributed by atoms with Crippen LogP contribution in [0.3, 0.4) is 0 Å². The molecule has 7 heteroatoms. The van der Waals surface area contributed by atoms with E-state index in [1.54, 1.807) is 31.4 Å². The third-order valence-corrected chi connectivity index (χ3v) is 9.08. The molecule has 1 saturated heterocycles. The molecule has 5 atom stereocenters. The quantitative estimate of drug-likeness (QED) is 0.227. The number of ether oxygens (including phenoxy) is 2. The van der Waals surface area contributed by atoms with Gasteiger partial charge in [0.2, 0.25) is 5.91 Å². The van der Waals surface area contributed by atoms with Crippen molar-refractivity contribution in [3.8, 4) is 11.5 Å². The van der Waals surface area contributed by atoms with Gasteiger partial charge in [-0.15, -0.1) is 0 Å². The number of hydrogen-bond acceptors (Lipinski definition) is 6. The van der Waals surface area contributed by atoms with Gasteiger partial charge >= 0.3 is 0 Å². The van der Waals surface area contributed by atoms with Gasteiger partial charge in [-0.25, -0.2) is 0 Å². The lowest BCUT2D eigenvalue weighted by atomic mass is 10.00. The number of aliphatic hydroxyl groups excluding tert-OH is 1. The number of rotatable bonds is 15. The summed E-state index contributed by atoms with van der Waals surface area (Å²) in [5, 5.41) is 14.6. The lowest BCUT2D eigenvalue weighted by molar-refractivity contribution is -0.123. The van der Waals surface area contributed by atoms with Crippen molar-refractivity contribution < 1.29 is 24.2 Å². The molecule has 3 unspecified atom stereocenters.